The Labute approximate surface area is 202 Å². The first-order chi connectivity index (χ1) is 16.9. The Morgan fingerprint density at radius 1 is 1.06 bits per heavy atom. The predicted molar refractivity (Wildman–Crippen MR) is 123 cm³/mol. The van der Waals surface area contributed by atoms with Crippen molar-refractivity contribution < 1.29 is 28.2 Å². The van der Waals surface area contributed by atoms with Crippen LogP contribution in [-0.2, 0) is 4.74 Å². The number of nitrogens with one attached hydrogen (secondary N) is 1. The predicted octanol–water partition coefficient (Wildman–Crippen LogP) is 3.63. The number of ether oxygens (including phenoxy) is 1. The molecule has 3 aliphatic rings. The second kappa shape index (κ2) is 11.5. The molecule has 2 saturated heterocycles. The highest BCUT2D eigenvalue weighted by Crippen LogP contribution is 2.30. The first kappa shape index (κ1) is 25.0. The van der Waals surface area contributed by atoms with Gasteiger partial charge in [-0.3, -0.25) is 9.88 Å². The van der Waals surface area contributed by atoms with E-state index < -0.39 is 29.8 Å². The first-order valence-electron chi connectivity index (χ1n) is 11.9. The third kappa shape index (κ3) is 6.32. The van der Waals surface area contributed by atoms with E-state index in [1.54, 1.807) is 12.4 Å². The Balaban J connectivity index is 0.000000421. The Bertz CT molecular complexity index is 978. The molecular weight excluding hydrogens is 458 g/mol. The number of nitrogens with zero attached hydrogens (tertiary/aromatic N) is 3. The molecule has 2 N–H and O–H groups in total. The maximum atomic E-state index is 13.6. The number of imide groups is 1. The molecular formula is C25H30F2N4O4. The quantitative estimate of drug-likeness (QED) is 0.685. The van der Waals surface area contributed by atoms with Crippen molar-refractivity contribution in [1.82, 2.24) is 20.1 Å². The van der Waals surface area contributed by atoms with Crippen LogP contribution in [0.2, 0.25) is 0 Å². The number of aliphatic hydroxyl groups excluding tert-OH is 1. The molecule has 8 nitrogen and oxygen atoms in total. The zero-order valence-corrected chi connectivity index (χ0v) is 19.4. The standard InChI is InChI=1S/C20H25F2N3O4.C5H5N/c21-16-6-1-12(9-17(16)22)18-11-29-20(28)25(18)19(27)23-13-7-8-24(10-13)14-2-4-15(26)5-3-14;1-2-4-6-5-3-1/h1,6,9,13-15,18,26H,2-5,7-8,10-11H2,(H,23,27);1-5H. The highest BCUT2D eigenvalue weighted by molar-refractivity contribution is 5.92. The molecule has 5 rings (SSSR count). The highest BCUT2D eigenvalue weighted by atomic mass is 19.2. The molecule has 2 aliphatic heterocycles. The van der Waals surface area contributed by atoms with Gasteiger partial charge in [-0.2, -0.15) is 0 Å². The lowest BCUT2D eigenvalue weighted by atomic mass is 9.92. The average molecular weight is 489 g/mol. The Hall–Kier alpha value is -3.11. The average Bonchev–Trinajstić information content (AvgIpc) is 3.49. The number of likely N-dealkylation sites (tertiary alicyclic amines) is 1. The van der Waals surface area contributed by atoms with Crippen molar-refractivity contribution >= 4 is 12.1 Å². The van der Waals surface area contributed by atoms with Crippen molar-refractivity contribution in [3.8, 4) is 0 Å². The van der Waals surface area contributed by atoms with Crippen LogP contribution in [0.5, 0.6) is 0 Å². The van der Waals surface area contributed by atoms with E-state index in [0.717, 1.165) is 55.7 Å². The van der Waals surface area contributed by atoms with E-state index in [1.807, 2.05) is 18.2 Å². The summed E-state index contributed by atoms with van der Waals surface area (Å²) in [6.45, 7) is 1.44. The minimum absolute atomic E-state index is 0.0987. The molecule has 1 aromatic heterocycles. The number of aliphatic hydroxyl groups is 1. The normalized spacial score (nSPS) is 26.6. The molecule has 1 aliphatic carbocycles. The Morgan fingerprint density at radius 3 is 2.43 bits per heavy atom. The molecule has 2 aromatic rings. The van der Waals surface area contributed by atoms with Crippen LogP contribution in [-0.4, -0.2) is 69.9 Å². The Morgan fingerprint density at radius 2 is 1.80 bits per heavy atom. The molecule has 2 atom stereocenters. The minimum Gasteiger partial charge on any atom is -0.446 e. The van der Waals surface area contributed by atoms with E-state index in [4.69, 9.17) is 4.74 Å². The molecule has 0 bridgehead atoms. The number of urea groups is 1. The van der Waals surface area contributed by atoms with Gasteiger partial charge in [0.15, 0.2) is 11.6 Å². The second-order valence-corrected chi connectivity index (χ2v) is 9.05. The van der Waals surface area contributed by atoms with Crippen LogP contribution >= 0.6 is 0 Å². The number of hydrogen-bond donors (Lipinski definition) is 2. The zero-order valence-electron chi connectivity index (χ0n) is 19.4. The van der Waals surface area contributed by atoms with Gasteiger partial charge in [-0.1, -0.05) is 12.1 Å². The fraction of sp³-hybridized carbons (Fsp3) is 0.480. The van der Waals surface area contributed by atoms with E-state index in [0.29, 0.717) is 18.2 Å². The summed E-state index contributed by atoms with van der Waals surface area (Å²) in [5.41, 5.74) is 0.304. The van der Waals surface area contributed by atoms with Gasteiger partial charge in [0.25, 0.3) is 0 Å². The van der Waals surface area contributed by atoms with Gasteiger partial charge in [-0.05, 0) is 61.9 Å². The summed E-state index contributed by atoms with van der Waals surface area (Å²) in [4.78, 5) is 31.9. The Kier molecular flexibility index (Phi) is 8.25. The lowest BCUT2D eigenvalue weighted by Gasteiger charge is -2.33. The number of rotatable bonds is 3. The lowest BCUT2D eigenvalue weighted by Crippen LogP contribution is -2.47. The van der Waals surface area contributed by atoms with Crippen LogP contribution in [0.15, 0.2) is 48.8 Å². The molecule has 10 heteroatoms. The van der Waals surface area contributed by atoms with Gasteiger partial charge in [0.05, 0.1) is 6.10 Å². The monoisotopic (exact) mass is 488 g/mol. The summed E-state index contributed by atoms with van der Waals surface area (Å²) in [6, 6.07) is 7.94. The molecule has 2 unspecified atom stereocenters. The summed E-state index contributed by atoms with van der Waals surface area (Å²) in [5.74, 6) is -2.03. The fourth-order valence-corrected chi connectivity index (χ4v) is 4.83. The third-order valence-electron chi connectivity index (χ3n) is 6.72. The van der Waals surface area contributed by atoms with E-state index >= 15 is 0 Å². The summed E-state index contributed by atoms with van der Waals surface area (Å²) in [6.07, 6.45) is 6.74. The van der Waals surface area contributed by atoms with E-state index in [2.05, 4.69) is 15.2 Å². The molecule has 1 saturated carbocycles. The van der Waals surface area contributed by atoms with E-state index in [9.17, 15) is 23.5 Å². The number of aromatic nitrogens is 1. The summed E-state index contributed by atoms with van der Waals surface area (Å²) in [5, 5.41) is 12.6. The van der Waals surface area contributed by atoms with E-state index in [1.165, 1.54) is 6.07 Å². The van der Waals surface area contributed by atoms with Crippen molar-refractivity contribution in [2.75, 3.05) is 19.7 Å². The van der Waals surface area contributed by atoms with Crippen LogP contribution < -0.4 is 5.32 Å². The topological polar surface area (TPSA) is 95.0 Å². The van der Waals surface area contributed by atoms with Crippen molar-refractivity contribution in [3.05, 3.63) is 66.0 Å². The number of amides is 3. The van der Waals surface area contributed by atoms with Crippen molar-refractivity contribution in [2.45, 2.75) is 56.3 Å². The van der Waals surface area contributed by atoms with Crippen LogP contribution in [0.3, 0.4) is 0 Å². The number of carbonyl (C=O) groups excluding carboxylic acids is 2. The maximum Gasteiger partial charge on any atom is 0.418 e. The third-order valence-corrected chi connectivity index (χ3v) is 6.72. The van der Waals surface area contributed by atoms with Crippen LogP contribution in [0.4, 0.5) is 18.4 Å². The molecule has 188 valence electrons. The lowest BCUT2D eigenvalue weighted by molar-refractivity contribution is 0.0828. The van der Waals surface area contributed by atoms with Crippen LogP contribution in [0.25, 0.3) is 0 Å². The van der Waals surface area contributed by atoms with Crippen molar-refractivity contribution in [2.24, 2.45) is 0 Å². The number of cyclic esters (lactones) is 1. The minimum atomic E-state index is -1.04. The second-order valence-electron chi connectivity index (χ2n) is 9.05. The summed E-state index contributed by atoms with van der Waals surface area (Å²) in [7, 11) is 0. The van der Waals surface area contributed by atoms with Gasteiger partial charge >= 0.3 is 12.1 Å². The number of halogens is 2. The molecule has 3 fully saturated rings. The maximum absolute atomic E-state index is 13.6. The molecule has 3 heterocycles. The zero-order chi connectivity index (χ0) is 24.8. The summed E-state index contributed by atoms with van der Waals surface area (Å²) < 4.78 is 31.8. The van der Waals surface area contributed by atoms with Gasteiger partial charge in [0.2, 0.25) is 0 Å². The molecule has 0 spiro atoms. The van der Waals surface area contributed by atoms with Crippen LogP contribution in [0.1, 0.15) is 43.7 Å². The van der Waals surface area contributed by atoms with Crippen LogP contribution in [0, 0.1) is 11.6 Å². The van der Waals surface area contributed by atoms with E-state index in [-0.39, 0.29) is 18.8 Å². The highest BCUT2D eigenvalue weighted by Gasteiger charge is 2.41. The number of benzene rings is 1. The largest absolute Gasteiger partial charge is 0.446 e. The SMILES string of the molecule is O=C(NC1CCN(C2CCC(O)CC2)C1)N1C(=O)OCC1c1ccc(F)c(F)c1.c1ccncc1. The number of carbonyl (C=O) groups is 2. The number of pyridine rings is 1. The van der Waals surface area contributed by atoms with Gasteiger partial charge in [0.1, 0.15) is 12.6 Å². The smallest absolute Gasteiger partial charge is 0.418 e. The molecule has 1 aromatic carbocycles. The molecule has 3 amide bonds. The number of hydrogen-bond acceptors (Lipinski definition) is 6. The van der Waals surface area contributed by atoms with Gasteiger partial charge in [-0.25, -0.2) is 23.3 Å². The van der Waals surface area contributed by atoms with Crippen molar-refractivity contribution in [1.29, 1.82) is 0 Å². The van der Waals surface area contributed by atoms with Crippen molar-refractivity contribution in [3.63, 3.8) is 0 Å². The van der Waals surface area contributed by atoms with Gasteiger partial charge < -0.3 is 15.2 Å². The fourth-order valence-electron chi connectivity index (χ4n) is 4.83. The summed E-state index contributed by atoms with van der Waals surface area (Å²) >= 11 is 0. The molecule has 35 heavy (non-hydrogen) atoms. The molecule has 0 radical (unpaired) electrons. The van der Waals surface area contributed by atoms with Gasteiger partial charge in [0, 0.05) is 37.6 Å². The first-order valence-corrected chi connectivity index (χ1v) is 11.9. The van der Waals surface area contributed by atoms with Gasteiger partial charge in [-0.15, -0.1) is 0 Å².